The van der Waals surface area contributed by atoms with Crippen LogP contribution in [0.1, 0.15) is 5.56 Å². The van der Waals surface area contributed by atoms with Crippen LogP contribution in [0.15, 0.2) is 29.6 Å². The summed E-state index contributed by atoms with van der Waals surface area (Å²) in [5.74, 6) is 0. The molecule has 0 amide bonds. The molecule has 3 heteroatoms. The number of carbonyl (C=O) groups excluding carboxylic acids is 1. The van der Waals surface area contributed by atoms with E-state index in [2.05, 4.69) is 29.6 Å². The number of benzene rings is 1. The smallest absolute Gasteiger partial charge is 0.145 e. The topological polar surface area (TPSA) is 26.3 Å². The molecule has 0 saturated carbocycles. The maximum absolute atomic E-state index is 10.0. The van der Waals surface area contributed by atoms with E-state index in [1.165, 1.54) is 15.6 Å². The van der Waals surface area contributed by atoms with Crippen molar-refractivity contribution in [3.8, 4) is 0 Å². The van der Waals surface area contributed by atoms with Gasteiger partial charge in [-0.1, -0.05) is 12.1 Å². The van der Waals surface area contributed by atoms with Gasteiger partial charge in [0, 0.05) is 4.70 Å². The third-order valence-electron chi connectivity index (χ3n) is 2.24. The Morgan fingerprint density at radius 3 is 3.13 bits per heavy atom. The molecule has 1 heterocycles. The lowest BCUT2D eigenvalue weighted by Gasteiger charge is -2.01. The van der Waals surface area contributed by atoms with Crippen LogP contribution in [0.4, 0.5) is 0 Å². The first-order valence-electron chi connectivity index (χ1n) is 4.87. The molecule has 0 unspecified atom stereocenters. The van der Waals surface area contributed by atoms with E-state index in [0.717, 1.165) is 12.7 Å². The molecule has 0 saturated heterocycles. The van der Waals surface area contributed by atoms with Crippen LogP contribution in [0.2, 0.25) is 0 Å². The van der Waals surface area contributed by atoms with Crippen LogP contribution >= 0.6 is 11.3 Å². The number of hydrogen-bond donors (Lipinski definition) is 0. The van der Waals surface area contributed by atoms with E-state index in [0.29, 0.717) is 6.61 Å². The predicted octanol–water partition coefficient (Wildman–Crippen LogP) is 2.66. The number of ether oxygens (including phenoxy) is 1. The van der Waals surface area contributed by atoms with Crippen LogP contribution in [-0.2, 0) is 16.0 Å². The van der Waals surface area contributed by atoms with Crippen molar-refractivity contribution in [2.75, 3.05) is 13.2 Å². The lowest BCUT2D eigenvalue weighted by atomic mass is 10.1. The quantitative estimate of drug-likeness (QED) is 0.572. The van der Waals surface area contributed by atoms with Crippen molar-refractivity contribution in [1.82, 2.24) is 0 Å². The highest BCUT2D eigenvalue weighted by Gasteiger charge is 1.97. The van der Waals surface area contributed by atoms with E-state index in [9.17, 15) is 4.79 Å². The molecule has 0 aliphatic carbocycles. The third-order valence-corrected chi connectivity index (χ3v) is 3.14. The minimum absolute atomic E-state index is 0.195. The van der Waals surface area contributed by atoms with Gasteiger partial charge in [-0.2, -0.15) is 0 Å². The lowest BCUT2D eigenvalue weighted by molar-refractivity contribution is -0.111. The highest BCUT2D eigenvalue weighted by molar-refractivity contribution is 7.17. The summed E-state index contributed by atoms with van der Waals surface area (Å²) in [5, 5.41) is 3.38. The molecule has 0 aliphatic rings. The second kappa shape index (κ2) is 5.05. The van der Waals surface area contributed by atoms with Gasteiger partial charge in [0.2, 0.25) is 0 Å². The SMILES string of the molecule is O=CCOCCc1ccc2sccc2c1. The summed E-state index contributed by atoms with van der Waals surface area (Å²) in [6.07, 6.45) is 1.64. The molecule has 15 heavy (non-hydrogen) atoms. The van der Waals surface area contributed by atoms with Gasteiger partial charge in [0.1, 0.15) is 12.9 Å². The third kappa shape index (κ3) is 2.64. The molecule has 0 bridgehead atoms. The van der Waals surface area contributed by atoms with Gasteiger partial charge in [-0.25, -0.2) is 0 Å². The molecule has 0 spiro atoms. The Morgan fingerprint density at radius 2 is 2.27 bits per heavy atom. The largest absolute Gasteiger partial charge is 0.374 e. The fraction of sp³-hybridized carbons (Fsp3) is 0.250. The Bertz CT molecular complexity index is 448. The Morgan fingerprint density at radius 1 is 1.33 bits per heavy atom. The maximum atomic E-state index is 10.0. The lowest BCUT2D eigenvalue weighted by Crippen LogP contribution is -2.00. The molecule has 2 rings (SSSR count). The van der Waals surface area contributed by atoms with E-state index in [4.69, 9.17) is 4.74 Å². The fourth-order valence-electron chi connectivity index (χ4n) is 1.49. The van der Waals surface area contributed by atoms with Gasteiger partial charge in [-0.15, -0.1) is 11.3 Å². The van der Waals surface area contributed by atoms with Crippen LogP contribution in [0.3, 0.4) is 0 Å². The zero-order valence-corrected chi connectivity index (χ0v) is 9.13. The Hall–Kier alpha value is -1.19. The minimum atomic E-state index is 0.195. The van der Waals surface area contributed by atoms with Crippen LogP contribution in [0.5, 0.6) is 0 Å². The molecular weight excluding hydrogens is 208 g/mol. The number of thiophene rings is 1. The first-order chi connectivity index (χ1) is 7.40. The van der Waals surface area contributed by atoms with Crippen molar-refractivity contribution in [2.24, 2.45) is 0 Å². The molecule has 0 aliphatic heterocycles. The second-order valence-electron chi connectivity index (χ2n) is 3.28. The van der Waals surface area contributed by atoms with Crippen LogP contribution in [-0.4, -0.2) is 19.5 Å². The van der Waals surface area contributed by atoms with Gasteiger partial charge in [-0.05, 0) is 34.9 Å². The number of hydrogen-bond acceptors (Lipinski definition) is 3. The van der Waals surface area contributed by atoms with E-state index in [-0.39, 0.29) is 6.61 Å². The molecule has 1 aromatic heterocycles. The van der Waals surface area contributed by atoms with Gasteiger partial charge in [-0.3, -0.25) is 0 Å². The highest BCUT2D eigenvalue weighted by Crippen LogP contribution is 2.21. The average Bonchev–Trinajstić information content (AvgIpc) is 2.71. The standard InChI is InChI=1S/C12H12O2S/c13-5-7-14-6-3-10-1-2-12-11(9-10)4-8-15-12/h1-2,4-5,8-9H,3,6-7H2. The molecule has 78 valence electrons. The van der Waals surface area contributed by atoms with Crippen LogP contribution < -0.4 is 0 Å². The average molecular weight is 220 g/mol. The number of rotatable bonds is 5. The molecule has 2 nitrogen and oxygen atoms in total. The summed E-state index contributed by atoms with van der Waals surface area (Å²) in [7, 11) is 0. The predicted molar refractivity (Wildman–Crippen MR) is 62.4 cm³/mol. The highest BCUT2D eigenvalue weighted by atomic mass is 32.1. The summed E-state index contributed by atoms with van der Waals surface area (Å²) in [6.45, 7) is 0.801. The van der Waals surface area contributed by atoms with Crippen molar-refractivity contribution >= 4 is 27.7 Å². The second-order valence-corrected chi connectivity index (χ2v) is 4.23. The number of aldehydes is 1. The van der Waals surface area contributed by atoms with E-state index < -0.39 is 0 Å². The van der Waals surface area contributed by atoms with E-state index >= 15 is 0 Å². The van der Waals surface area contributed by atoms with Crippen molar-refractivity contribution in [1.29, 1.82) is 0 Å². The number of carbonyl (C=O) groups is 1. The Kier molecular flexibility index (Phi) is 3.48. The van der Waals surface area contributed by atoms with Crippen LogP contribution in [0.25, 0.3) is 10.1 Å². The maximum Gasteiger partial charge on any atom is 0.145 e. The van der Waals surface area contributed by atoms with Gasteiger partial charge in [0.15, 0.2) is 0 Å². The van der Waals surface area contributed by atoms with Crippen LogP contribution in [0, 0.1) is 0 Å². The summed E-state index contributed by atoms with van der Waals surface area (Å²) in [6, 6.07) is 8.55. The Balaban J connectivity index is 1.98. The molecule has 0 N–H and O–H groups in total. The Labute approximate surface area is 92.5 Å². The van der Waals surface area contributed by atoms with Gasteiger partial charge in [0.05, 0.1) is 6.61 Å². The molecule has 0 fully saturated rings. The van der Waals surface area contributed by atoms with E-state index in [1.54, 1.807) is 11.3 Å². The van der Waals surface area contributed by atoms with Gasteiger partial charge >= 0.3 is 0 Å². The van der Waals surface area contributed by atoms with E-state index in [1.807, 2.05) is 0 Å². The van der Waals surface area contributed by atoms with Crippen molar-refractivity contribution in [3.63, 3.8) is 0 Å². The zero-order chi connectivity index (χ0) is 10.5. The molecule has 2 aromatic rings. The summed E-state index contributed by atoms with van der Waals surface area (Å²) < 4.78 is 6.43. The van der Waals surface area contributed by atoms with Gasteiger partial charge < -0.3 is 9.53 Å². The minimum Gasteiger partial charge on any atom is -0.374 e. The zero-order valence-electron chi connectivity index (χ0n) is 8.31. The monoisotopic (exact) mass is 220 g/mol. The first kappa shape index (κ1) is 10.3. The normalized spacial score (nSPS) is 10.7. The summed E-state index contributed by atoms with van der Waals surface area (Å²) in [5.41, 5.74) is 1.26. The summed E-state index contributed by atoms with van der Waals surface area (Å²) in [4.78, 5) is 10.0. The van der Waals surface area contributed by atoms with Crippen molar-refractivity contribution in [2.45, 2.75) is 6.42 Å². The van der Waals surface area contributed by atoms with Crippen molar-refractivity contribution < 1.29 is 9.53 Å². The molecule has 0 radical (unpaired) electrons. The molecule has 1 aromatic carbocycles. The van der Waals surface area contributed by atoms with Crippen molar-refractivity contribution in [3.05, 3.63) is 35.2 Å². The fourth-order valence-corrected chi connectivity index (χ4v) is 2.26. The summed E-state index contributed by atoms with van der Waals surface area (Å²) >= 11 is 1.75. The molecule has 0 atom stereocenters. The molecular formula is C12H12O2S. The van der Waals surface area contributed by atoms with Gasteiger partial charge in [0.25, 0.3) is 0 Å². The number of fused-ring (bicyclic) bond motifs is 1. The first-order valence-corrected chi connectivity index (χ1v) is 5.75.